The van der Waals surface area contributed by atoms with Gasteiger partial charge in [-0.15, -0.1) is 0 Å². The van der Waals surface area contributed by atoms with E-state index in [-0.39, 0.29) is 36.8 Å². The molecule has 0 atom stereocenters. The van der Waals surface area contributed by atoms with Gasteiger partial charge in [-0.05, 0) is 41.8 Å². The van der Waals surface area contributed by atoms with Crippen LogP contribution in [0, 0.1) is 11.6 Å². The maximum atomic E-state index is 13.3. The second-order valence-corrected chi connectivity index (χ2v) is 6.51. The number of imide groups is 1. The van der Waals surface area contributed by atoms with Crippen molar-refractivity contribution < 1.29 is 23.5 Å². The van der Waals surface area contributed by atoms with Gasteiger partial charge in [-0.2, -0.15) is 0 Å². The first-order valence-electron chi connectivity index (χ1n) is 8.85. The monoisotopic (exact) mass is 386 g/mol. The van der Waals surface area contributed by atoms with E-state index in [2.05, 4.69) is 0 Å². The van der Waals surface area contributed by atoms with Gasteiger partial charge in [0.25, 0.3) is 11.8 Å². The van der Waals surface area contributed by atoms with Gasteiger partial charge in [0.05, 0.1) is 12.2 Å². The molecule has 0 bridgehead atoms. The van der Waals surface area contributed by atoms with E-state index in [9.17, 15) is 23.5 Å². The second kappa shape index (κ2) is 8.31. The van der Waals surface area contributed by atoms with Crippen molar-refractivity contribution in [1.82, 2.24) is 9.80 Å². The third-order valence-electron chi connectivity index (χ3n) is 4.63. The number of likely N-dealkylation sites (N-methyl/N-ethyl adjacent to an activating group) is 1. The van der Waals surface area contributed by atoms with Crippen molar-refractivity contribution in [2.45, 2.75) is 6.42 Å². The number of carbonyl (C=O) groups is 2. The summed E-state index contributed by atoms with van der Waals surface area (Å²) in [7, 11) is 1.61. The van der Waals surface area contributed by atoms with Crippen molar-refractivity contribution in [1.29, 1.82) is 0 Å². The molecule has 0 aliphatic carbocycles. The lowest BCUT2D eigenvalue weighted by molar-refractivity contribution is -0.137. The quantitative estimate of drug-likeness (QED) is 0.742. The molecule has 5 nitrogen and oxygen atoms in total. The minimum Gasteiger partial charge on any atom is -0.395 e. The summed E-state index contributed by atoms with van der Waals surface area (Å²) in [5.41, 5.74) is 1.58. The van der Waals surface area contributed by atoms with Crippen LogP contribution in [0.15, 0.2) is 54.2 Å². The highest BCUT2D eigenvalue weighted by atomic mass is 19.1. The van der Waals surface area contributed by atoms with Crippen molar-refractivity contribution >= 4 is 17.4 Å². The van der Waals surface area contributed by atoms with Crippen molar-refractivity contribution in [2.75, 3.05) is 26.7 Å². The van der Waals surface area contributed by atoms with Crippen LogP contribution in [0.2, 0.25) is 0 Å². The average Bonchev–Trinajstić information content (AvgIpc) is 2.92. The predicted molar refractivity (Wildman–Crippen MR) is 99.9 cm³/mol. The van der Waals surface area contributed by atoms with Crippen LogP contribution in [0.3, 0.4) is 0 Å². The third-order valence-corrected chi connectivity index (χ3v) is 4.63. The molecule has 0 spiro atoms. The summed E-state index contributed by atoms with van der Waals surface area (Å²) >= 11 is 0. The number of carbonyl (C=O) groups excluding carboxylic acids is 2. The molecule has 1 aliphatic rings. The summed E-state index contributed by atoms with van der Waals surface area (Å²) in [5, 5.41) is 9.23. The Balaban J connectivity index is 1.89. The fourth-order valence-electron chi connectivity index (χ4n) is 3.15. The summed E-state index contributed by atoms with van der Waals surface area (Å²) < 4.78 is 26.3. The molecule has 1 heterocycles. The Labute approximate surface area is 161 Å². The van der Waals surface area contributed by atoms with Crippen molar-refractivity contribution in [3.05, 3.63) is 77.0 Å². The van der Waals surface area contributed by atoms with E-state index in [1.807, 2.05) is 0 Å². The van der Waals surface area contributed by atoms with E-state index in [0.717, 1.165) is 10.5 Å². The molecule has 3 rings (SSSR count). The Bertz CT molecular complexity index is 908. The first kappa shape index (κ1) is 19.7. The molecule has 2 amide bonds. The van der Waals surface area contributed by atoms with Gasteiger partial charge in [-0.3, -0.25) is 14.5 Å². The fraction of sp³-hybridized carbons (Fsp3) is 0.238. The number of rotatable bonds is 7. The number of amides is 2. The molecule has 0 saturated heterocycles. The SMILES string of the molecule is CN(CCO)C1=C(c2ccc(F)cc2)C(=O)N(CCc2ccc(F)cc2)C1=O. The Hall–Kier alpha value is -3.06. The number of nitrogens with zero attached hydrogens (tertiary/aromatic N) is 2. The summed E-state index contributed by atoms with van der Waals surface area (Å²) in [6.45, 7) is 0.114. The molecule has 0 aromatic heterocycles. The predicted octanol–water partition coefficient (Wildman–Crippen LogP) is 2.21. The second-order valence-electron chi connectivity index (χ2n) is 6.51. The smallest absolute Gasteiger partial charge is 0.277 e. The van der Waals surface area contributed by atoms with Crippen molar-refractivity contribution in [3.8, 4) is 0 Å². The van der Waals surface area contributed by atoms with Crippen molar-refractivity contribution in [3.63, 3.8) is 0 Å². The largest absolute Gasteiger partial charge is 0.395 e. The van der Waals surface area contributed by atoms with Gasteiger partial charge in [-0.1, -0.05) is 24.3 Å². The lowest BCUT2D eigenvalue weighted by Crippen LogP contribution is -2.36. The molecule has 2 aromatic carbocycles. The zero-order valence-electron chi connectivity index (χ0n) is 15.4. The summed E-state index contributed by atoms with van der Waals surface area (Å²) in [6.07, 6.45) is 0.380. The molecule has 0 radical (unpaired) electrons. The van der Waals surface area contributed by atoms with E-state index in [1.165, 1.54) is 41.3 Å². The third kappa shape index (κ3) is 3.94. The summed E-state index contributed by atoms with van der Waals surface area (Å²) in [6, 6.07) is 11.2. The maximum absolute atomic E-state index is 13.3. The molecule has 7 heteroatoms. The number of benzene rings is 2. The lowest BCUT2D eigenvalue weighted by atomic mass is 10.0. The molecule has 1 aliphatic heterocycles. The molecule has 0 saturated carbocycles. The highest BCUT2D eigenvalue weighted by Crippen LogP contribution is 2.31. The van der Waals surface area contributed by atoms with Crippen LogP contribution in [-0.2, 0) is 16.0 Å². The molecule has 1 N–H and O–H groups in total. The van der Waals surface area contributed by atoms with Crippen LogP contribution in [-0.4, -0.2) is 53.5 Å². The highest BCUT2D eigenvalue weighted by Gasteiger charge is 2.40. The summed E-state index contributed by atoms with van der Waals surface area (Å²) in [4.78, 5) is 28.6. The minimum absolute atomic E-state index is 0.129. The Morgan fingerprint density at radius 2 is 1.50 bits per heavy atom. The van der Waals surface area contributed by atoms with Gasteiger partial charge in [0.2, 0.25) is 0 Å². The number of hydrogen-bond acceptors (Lipinski definition) is 4. The van der Waals surface area contributed by atoms with E-state index < -0.39 is 17.6 Å². The van der Waals surface area contributed by atoms with Gasteiger partial charge in [0, 0.05) is 20.1 Å². The van der Waals surface area contributed by atoms with Crippen LogP contribution < -0.4 is 0 Å². The van der Waals surface area contributed by atoms with Gasteiger partial charge < -0.3 is 10.0 Å². The topological polar surface area (TPSA) is 60.9 Å². The molecule has 146 valence electrons. The number of aliphatic hydroxyl groups is 1. The molecular weight excluding hydrogens is 366 g/mol. The molecule has 0 fully saturated rings. The van der Waals surface area contributed by atoms with Crippen LogP contribution in [0.4, 0.5) is 8.78 Å². The standard InChI is InChI=1S/C21H20F2N2O3/c1-24(12-13-26)19-18(15-4-8-17(23)9-5-15)20(27)25(21(19)28)11-10-14-2-6-16(22)7-3-14/h2-9,26H,10-13H2,1H3. The normalized spacial score (nSPS) is 14.2. The van der Waals surface area contributed by atoms with Gasteiger partial charge in [0.1, 0.15) is 17.3 Å². The molecular formula is C21H20F2N2O3. The van der Waals surface area contributed by atoms with E-state index in [4.69, 9.17) is 0 Å². The minimum atomic E-state index is -0.474. The maximum Gasteiger partial charge on any atom is 0.277 e. The zero-order valence-corrected chi connectivity index (χ0v) is 15.4. The van der Waals surface area contributed by atoms with Gasteiger partial charge >= 0.3 is 0 Å². The van der Waals surface area contributed by atoms with Gasteiger partial charge in [0.15, 0.2) is 0 Å². The molecule has 2 aromatic rings. The zero-order chi connectivity index (χ0) is 20.3. The van der Waals surface area contributed by atoms with E-state index in [1.54, 1.807) is 19.2 Å². The number of hydrogen-bond donors (Lipinski definition) is 1. The first-order chi connectivity index (χ1) is 13.4. The highest BCUT2D eigenvalue weighted by molar-refractivity contribution is 6.35. The Kier molecular flexibility index (Phi) is 5.84. The molecule has 0 unspecified atom stereocenters. The van der Waals surface area contributed by atoms with Crippen molar-refractivity contribution in [2.24, 2.45) is 0 Å². The van der Waals surface area contributed by atoms with Crippen LogP contribution in [0.25, 0.3) is 5.57 Å². The van der Waals surface area contributed by atoms with E-state index in [0.29, 0.717) is 12.0 Å². The Morgan fingerprint density at radius 1 is 0.929 bits per heavy atom. The number of aliphatic hydroxyl groups excluding tert-OH is 1. The Morgan fingerprint density at radius 3 is 2.07 bits per heavy atom. The fourth-order valence-corrected chi connectivity index (χ4v) is 3.15. The summed E-state index contributed by atoms with van der Waals surface area (Å²) in [5.74, 6) is -1.74. The van der Waals surface area contributed by atoms with Crippen LogP contribution in [0.5, 0.6) is 0 Å². The first-order valence-corrected chi connectivity index (χ1v) is 8.85. The molecule has 28 heavy (non-hydrogen) atoms. The average molecular weight is 386 g/mol. The van der Waals surface area contributed by atoms with Gasteiger partial charge in [-0.25, -0.2) is 8.78 Å². The van der Waals surface area contributed by atoms with E-state index >= 15 is 0 Å². The van der Waals surface area contributed by atoms with Crippen LogP contribution >= 0.6 is 0 Å². The lowest BCUT2D eigenvalue weighted by Gasteiger charge is -2.20. The van der Waals surface area contributed by atoms with Crippen LogP contribution in [0.1, 0.15) is 11.1 Å². The number of halogens is 2.